The minimum atomic E-state index is -1.50. The van der Waals surface area contributed by atoms with Crippen molar-refractivity contribution in [2.75, 3.05) is 5.32 Å². The molecule has 0 saturated heterocycles. The maximum absolute atomic E-state index is 5.85. The molecule has 0 radical (unpaired) electrons. The smallest absolute Gasteiger partial charge is 0.234 e. The zero-order chi connectivity index (χ0) is 12.0. The van der Waals surface area contributed by atoms with Gasteiger partial charge >= 0.3 is 0 Å². The Labute approximate surface area is 110 Å². The first-order valence-corrected chi connectivity index (χ1v) is 6.05. The molecule has 1 aliphatic heterocycles. The molecule has 5 heteroatoms. The summed E-state index contributed by atoms with van der Waals surface area (Å²) in [5.41, 5.74) is 1.52. The zero-order valence-electron chi connectivity index (χ0n) is 8.93. The molecule has 0 aliphatic carbocycles. The SMILES string of the molecule is CC1(C)O[C@@H](C(Cl)(Cl)Cl)Nc2ccccc21. The van der Waals surface area contributed by atoms with E-state index in [2.05, 4.69) is 5.32 Å². The standard InChI is InChI=1S/C11H12Cl3NO/c1-10(2)7-5-3-4-6-8(7)15-9(16-10)11(12,13)14/h3-6,9,15H,1-2H3/t9-/m0/s1. The number of nitrogens with one attached hydrogen (secondary N) is 1. The number of hydrogen-bond acceptors (Lipinski definition) is 2. The molecule has 1 atom stereocenters. The van der Waals surface area contributed by atoms with Crippen molar-refractivity contribution < 1.29 is 4.74 Å². The van der Waals surface area contributed by atoms with Crippen LogP contribution in [0.15, 0.2) is 24.3 Å². The van der Waals surface area contributed by atoms with Crippen LogP contribution in [0.3, 0.4) is 0 Å². The van der Waals surface area contributed by atoms with Crippen LogP contribution in [0.25, 0.3) is 0 Å². The van der Waals surface area contributed by atoms with E-state index in [0.29, 0.717) is 0 Å². The number of alkyl halides is 3. The largest absolute Gasteiger partial charge is 0.356 e. The third kappa shape index (κ3) is 2.25. The highest BCUT2D eigenvalue weighted by atomic mass is 35.6. The summed E-state index contributed by atoms with van der Waals surface area (Å²) in [5.74, 6) is 0. The average Bonchev–Trinajstić information content (AvgIpc) is 2.15. The van der Waals surface area contributed by atoms with E-state index in [1.165, 1.54) is 0 Å². The van der Waals surface area contributed by atoms with Crippen LogP contribution < -0.4 is 5.32 Å². The van der Waals surface area contributed by atoms with Crippen molar-refractivity contribution in [2.45, 2.75) is 29.5 Å². The van der Waals surface area contributed by atoms with E-state index < -0.39 is 15.6 Å². The molecular formula is C11H12Cl3NO. The quantitative estimate of drug-likeness (QED) is 0.724. The van der Waals surface area contributed by atoms with Gasteiger partial charge in [-0.3, -0.25) is 0 Å². The van der Waals surface area contributed by atoms with Gasteiger partial charge in [0.15, 0.2) is 6.23 Å². The van der Waals surface area contributed by atoms with Crippen LogP contribution in [0.5, 0.6) is 0 Å². The van der Waals surface area contributed by atoms with E-state index in [4.69, 9.17) is 39.5 Å². The molecule has 0 bridgehead atoms. The highest BCUT2D eigenvalue weighted by molar-refractivity contribution is 6.68. The summed E-state index contributed by atoms with van der Waals surface area (Å²) < 4.78 is 4.26. The Balaban J connectivity index is 2.41. The van der Waals surface area contributed by atoms with Crippen molar-refractivity contribution in [2.24, 2.45) is 0 Å². The second-order valence-electron chi connectivity index (χ2n) is 4.24. The van der Waals surface area contributed by atoms with Crippen LogP contribution in [0, 0.1) is 0 Å². The molecule has 1 aromatic carbocycles. The molecule has 16 heavy (non-hydrogen) atoms. The second kappa shape index (κ2) is 3.95. The Morgan fingerprint density at radius 2 is 1.88 bits per heavy atom. The first-order chi connectivity index (χ1) is 7.31. The molecule has 0 saturated carbocycles. The van der Waals surface area contributed by atoms with Crippen LogP contribution in [-0.2, 0) is 10.3 Å². The second-order valence-corrected chi connectivity index (χ2v) is 6.61. The maximum atomic E-state index is 5.85. The van der Waals surface area contributed by atoms with Gasteiger partial charge in [-0.15, -0.1) is 0 Å². The van der Waals surface area contributed by atoms with Crippen molar-refractivity contribution in [3.05, 3.63) is 29.8 Å². The minimum absolute atomic E-state index is 0.476. The fraction of sp³-hybridized carbons (Fsp3) is 0.455. The number of para-hydroxylation sites is 1. The topological polar surface area (TPSA) is 21.3 Å². The van der Waals surface area contributed by atoms with Gasteiger partial charge in [0.2, 0.25) is 3.79 Å². The number of hydrogen-bond donors (Lipinski definition) is 1. The highest BCUT2D eigenvalue weighted by Gasteiger charge is 2.42. The molecule has 1 N–H and O–H groups in total. The van der Waals surface area contributed by atoms with Crippen molar-refractivity contribution >= 4 is 40.5 Å². The molecule has 0 aromatic heterocycles. The van der Waals surface area contributed by atoms with Gasteiger partial charge in [0.25, 0.3) is 0 Å². The number of ether oxygens (including phenoxy) is 1. The molecule has 1 heterocycles. The summed E-state index contributed by atoms with van der Waals surface area (Å²) in [4.78, 5) is 0. The Kier molecular flexibility index (Phi) is 3.04. The lowest BCUT2D eigenvalue weighted by atomic mass is 9.94. The molecule has 1 aliphatic rings. The lowest BCUT2D eigenvalue weighted by Gasteiger charge is -2.41. The Hall–Kier alpha value is -0.150. The highest BCUT2D eigenvalue weighted by Crippen LogP contribution is 2.43. The molecule has 0 fully saturated rings. The van der Waals surface area contributed by atoms with Crippen LogP contribution in [0.2, 0.25) is 0 Å². The maximum Gasteiger partial charge on any atom is 0.234 e. The van der Waals surface area contributed by atoms with E-state index in [0.717, 1.165) is 11.3 Å². The van der Waals surface area contributed by atoms with E-state index in [9.17, 15) is 0 Å². The molecular weight excluding hydrogens is 268 g/mol. The van der Waals surface area contributed by atoms with E-state index in [-0.39, 0.29) is 0 Å². The lowest BCUT2D eigenvalue weighted by Crippen LogP contribution is -2.46. The number of rotatable bonds is 0. The number of fused-ring (bicyclic) bond motifs is 1. The van der Waals surface area contributed by atoms with Gasteiger partial charge in [0, 0.05) is 11.3 Å². The van der Waals surface area contributed by atoms with E-state index in [1.54, 1.807) is 0 Å². The summed E-state index contributed by atoms with van der Waals surface area (Å²) in [5, 5.41) is 3.07. The predicted octanol–water partition coefficient (Wildman–Crippen LogP) is 4.06. The normalized spacial score (nSPS) is 23.4. The number of benzene rings is 1. The minimum Gasteiger partial charge on any atom is -0.356 e. The summed E-state index contributed by atoms with van der Waals surface area (Å²) in [7, 11) is 0. The third-order valence-electron chi connectivity index (χ3n) is 2.57. The summed E-state index contributed by atoms with van der Waals surface area (Å²) in [6.45, 7) is 3.91. The first-order valence-electron chi connectivity index (χ1n) is 4.91. The van der Waals surface area contributed by atoms with Crippen LogP contribution in [-0.4, -0.2) is 10.0 Å². The molecule has 1 aromatic rings. The average molecular weight is 281 g/mol. The summed E-state index contributed by atoms with van der Waals surface area (Å²) >= 11 is 17.5. The fourth-order valence-electron chi connectivity index (χ4n) is 1.81. The summed E-state index contributed by atoms with van der Waals surface area (Å²) in [6.07, 6.45) is -0.651. The summed E-state index contributed by atoms with van der Waals surface area (Å²) in [6, 6.07) is 7.84. The molecule has 0 amide bonds. The predicted molar refractivity (Wildman–Crippen MR) is 68.3 cm³/mol. The molecule has 2 rings (SSSR count). The molecule has 0 unspecified atom stereocenters. The van der Waals surface area contributed by atoms with E-state index >= 15 is 0 Å². The van der Waals surface area contributed by atoms with E-state index in [1.807, 2.05) is 38.1 Å². The van der Waals surface area contributed by atoms with Gasteiger partial charge in [0.1, 0.15) is 0 Å². The fourth-order valence-corrected chi connectivity index (χ4v) is 2.11. The monoisotopic (exact) mass is 279 g/mol. The van der Waals surface area contributed by atoms with Gasteiger partial charge in [-0.05, 0) is 19.9 Å². The Bertz CT molecular complexity index is 400. The number of halogens is 3. The number of anilines is 1. The van der Waals surface area contributed by atoms with Gasteiger partial charge < -0.3 is 10.1 Å². The lowest BCUT2D eigenvalue weighted by molar-refractivity contribution is -0.0694. The zero-order valence-corrected chi connectivity index (χ0v) is 11.2. The Morgan fingerprint density at radius 1 is 1.25 bits per heavy atom. The van der Waals surface area contributed by atoms with Crippen LogP contribution in [0.1, 0.15) is 19.4 Å². The Morgan fingerprint density at radius 3 is 2.50 bits per heavy atom. The van der Waals surface area contributed by atoms with Gasteiger partial charge in [0.05, 0.1) is 5.60 Å². The molecule has 0 spiro atoms. The van der Waals surface area contributed by atoms with Crippen molar-refractivity contribution in [1.82, 2.24) is 0 Å². The molecule has 88 valence electrons. The van der Waals surface area contributed by atoms with Crippen molar-refractivity contribution in [3.8, 4) is 0 Å². The van der Waals surface area contributed by atoms with Gasteiger partial charge in [-0.1, -0.05) is 53.0 Å². The van der Waals surface area contributed by atoms with Crippen LogP contribution >= 0.6 is 34.8 Å². The van der Waals surface area contributed by atoms with Gasteiger partial charge in [-0.2, -0.15) is 0 Å². The molecule has 2 nitrogen and oxygen atoms in total. The first kappa shape index (κ1) is 12.3. The van der Waals surface area contributed by atoms with Crippen molar-refractivity contribution in [1.29, 1.82) is 0 Å². The van der Waals surface area contributed by atoms with Gasteiger partial charge in [-0.25, -0.2) is 0 Å². The van der Waals surface area contributed by atoms with Crippen molar-refractivity contribution in [3.63, 3.8) is 0 Å². The third-order valence-corrected chi connectivity index (χ3v) is 3.17. The van der Waals surface area contributed by atoms with Crippen LogP contribution in [0.4, 0.5) is 5.69 Å².